The number of nitrogens with one attached hydrogen (secondary N) is 2. The highest BCUT2D eigenvalue weighted by molar-refractivity contribution is 7.89. The number of amides is 1. The first kappa shape index (κ1) is 25.0. The molecule has 1 aliphatic carbocycles. The van der Waals surface area contributed by atoms with Crippen LogP contribution in [0.15, 0.2) is 35.7 Å². The highest BCUT2D eigenvalue weighted by atomic mass is 35.5. The molecule has 0 atom stereocenters. The largest absolute Gasteiger partial charge is 0.350 e. The van der Waals surface area contributed by atoms with Crippen LogP contribution in [0.5, 0.6) is 0 Å². The summed E-state index contributed by atoms with van der Waals surface area (Å²) in [4.78, 5) is 21.3. The third-order valence-electron chi connectivity index (χ3n) is 6.92. The van der Waals surface area contributed by atoms with Gasteiger partial charge in [-0.15, -0.1) is 0 Å². The molecule has 1 saturated heterocycles. The third-order valence-corrected chi connectivity index (χ3v) is 8.98. The van der Waals surface area contributed by atoms with Crippen molar-refractivity contribution >= 4 is 27.5 Å². The standard InChI is InChI=1S/C22H28ClF2N5O3S/c1-16-12-17(23)2-3-18(16)20(31)27-14-21(4-6-22(24,25)7-5-21)29-8-10-30(11-9-29)34(32,33)19-13-26-15-28-19/h2-3,12-13,15H,4-11,14H2,1H3,(H,26,28)(H,27,31). The lowest BCUT2D eigenvalue weighted by Crippen LogP contribution is -2.63. The van der Waals surface area contributed by atoms with Crippen LogP contribution in [0, 0.1) is 6.92 Å². The van der Waals surface area contributed by atoms with Crippen molar-refractivity contribution in [2.45, 2.75) is 49.1 Å². The molecular weight excluding hydrogens is 488 g/mol. The third kappa shape index (κ3) is 5.12. The second-order valence-corrected chi connectivity index (χ2v) is 11.4. The van der Waals surface area contributed by atoms with Crippen LogP contribution < -0.4 is 5.32 Å². The molecule has 0 unspecified atom stereocenters. The van der Waals surface area contributed by atoms with Gasteiger partial charge in [-0.25, -0.2) is 22.2 Å². The summed E-state index contributed by atoms with van der Waals surface area (Å²) in [5, 5.41) is 3.50. The van der Waals surface area contributed by atoms with Gasteiger partial charge in [0.1, 0.15) is 0 Å². The number of nitrogens with zero attached hydrogens (tertiary/aromatic N) is 3. The van der Waals surface area contributed by atoms with Crippen molar-refractivity contribution in [1.82, 2.24) is 24.5 Å². The molecule has 4 rings (SSSR count). The van der Waals surface area contributed by atoms with Crippen molar-refractivity contribution in [1.29, 1.82) is 0 Å². The Morgan fingerprint density at radius 3 is 2.44 bits per heavy atom. The van der Waals surface area contributed by atoms with Crippen LogP contribution in [0.1, 0.15) is 41.6 Å². The fraction of sp³-hybridized carbons (Fsp3) is 0.545. The molecule has 0 bridgehead atoms. The Labute approximate surface area is 202 Å². The normalized spacial score (nSPS) is 21.3. The number of hydrogen-bond donors (Lipinski definition) is 2. The van der Waals surface area contributed by atoms with E-state index in [1.165, 1.54) is 16.8 Å². The number of carbonyl (C=O) groups excluding carboxylic acids is 1. The highest BCUT2D eigenvalue weighted by Gasteiger charge is 2.48. The van der Waals surface area contributed by atoms with E-state index in [1.807, 2.05) is 0 Å². The lowest BCUT2D eigenvalue weighted by atomic mass is 9.78. The zero-order chi connectivity index (χ0) is 24.6. The van der Waals surface area contributed by atoms with Crippen LogP contribution in [-0.2, 0) is 10.0 Å². The number of halogens is 3. The van der Waals surface area contributed by atoms with Gasteiger partial charge in [-0.3, -0.25) is 9.69 Å². The van der Waals surface area contributed by atoms with Crippen LogP contribution in [0.4, 0.5) is 8.78 Å². The van der Waals surface area contributed by atoms with E-state index in [0.717, 1.165) is 5.56 Å². The van der Waals surface area contributed by atoms with Gasteiger partial charge in [-0.2, -0.15) is 4.31 Å². The molecule has 34 heavy (non-hydrogen) atoms. The molecule has 0 radical (unpaired) electrons. The summed E-state index contributed by atoms with van der Waals surface area (Å²) in [7, 11) is -3.69. The van der Waals surface area contributed by atoms with E-state index in [-0.39, 0.29) is 56.3 Å². The Balaban J connectivity index is 1.47. The first-order valence-corrected chi connectivity index (χ1v) is 13.0. The van der Waals surface area contributed by atoms with Crippen molar-refractivity contribution in [2.75, 3.05) is 32.7 Å². The van der Waals surface area contributed by atoms with Crippen molar-refractivity contribution in [3.05, 3.63) is 46.9 Å². The molecule has 2 N–H and O–H groups in total. The monoisotopic (exact) mass is 515 g/mol. The molecule has 186 valence electrons. The Kier molecular flexibility index (Phi) is 7.01. The first-order chi connectivity index (χ1) is 16.0. The minimum Gasteiger partial charge on any atom is -0.350 e. The molecule has 0 spiro atoms. The predicted octanol–water partition coefficient (Wildman–Crippen LogP) is 3.06. The van der Waals surface area contributed by atoms with Crippen molar-refractivity contribution < 1.29 is 22.0 Å². The average molecular weight is 516 g/mol. The van der Waals surface area contributed by atoms with E-state index in [9.17, 15) is 22.0 Å². The Bertz CT molecular complexity index is 1130. The number of carbonyl (C=O) groups is 1. The van der Waals surface area contributed by atoms with Gasteiger partial charge < -0.3 is 10.3 Å². The summed E-state index contributed by atoms with van der Waals surface area (Å²) in [5.74, 6) is -3.02. The number of alkyl halides is 2. The summed E-state index contributed by atoms with van der Waals surface area (Å²) in [5.41, 5.74) is 0.546. The van der Waals surface area contributed by atoms with Crippen molar-refractivity contribution in [3.8, 4) is 0 Å². The van der Waals surface area contributed by atoms with Gasteiger partial charge in [-0.05, 0) is 43.5 Å². The van der Waals surface area contributed by atoms with Gasteiger partial charge in [0.2, 0.25) is 5.92 Å². The molecule has 2 heterocycles. The molecule has 1 aromatic carbocycles. The van der Waals surface area contributed by atoms with Crippen molar-refractivity contribution in [2.24, 2.45) is 0 Å². The predicted molar refractivity (Wildman–Crippen MR) is 124 cm³/mol. The number of H-pyrrole nitrogens is 1. The second kappa shape index (κ2) is 9.52. The number of aromatic amines is 1. The van der Waals surface area contributed by atoms with Crippen LogP contribution in [0.3, 0.4) is 0 Å². The van der Waals surface area contributed by atoms with Gasteiger partial charge in [0.05, 0.1) is 12.5 Å². The number of aromatic nitrogens is 2. The number of rotatable bonds is 6. The summed E-state index contributed by atoms with van der Waals surface area (Å²) >= 11 is 5.99. The van der Waals surface area contributed by atoms with Crippen LogP contribution in [0.25, 0.3) is 0 Å². The minimum atomic E-state index is -3.69. The SMILES string of the molecule is Cc1cc(Cl)ccc1C(=O)NCC1(N2CCN(S(=O)(=O)c3cnc[nH]3)CC2)CCC(F)(F)CC1. The molecule has 12 heteroatoms. The Morgan fingerprint density at radius 1 is 1.18 bits per heavy atom. The van der Waals surface area contributed by atoms with E-state index in [0.29, 0.717) is 23.7 Å². The smallest absolute Gasteiger partial charge is 0.260 e. The molecule has 1 aromatic heterocycles. The lowest BCUT2D eigenvalue weighted by molar-refractivity contribution is -0.0856. The van der Waals surface area contributed by atoms with Crippen LogP contribution in [-0.4, -0.2) is 77.7 Å². The molecule has 8 nitrogen and oxygen atoms in total. The molecule has 1 saturated carbocycles. The second-order valence-electron chi connectivity index (χ2n) is 9.03. The fourth-order valence-corrected chi connectivity index (χ4v) is 6.38. The molecule has 1 amide bonds. The number of imidazole rings is 1. The Morgan fingerprint density at radius 2 is 1.85 bits per heavy atom. The zero-order valence-electron chi connectivity index (χ0n) is 18.9. The van der Waals surface area contributed by atoms with Crippen molar-refractivity contribution in [3.63, 3.8) is 0 Å². The van der Waals surface area contributed by atoms with E-state index < -0.39 is 21.5 Å². The molecule has 2 aromatic rings. The van der Waals surface area contributed by atoms with Gasteiger partial charge in [-0.1, -0.05) is 11.6 Å². The highest BCUT2D eigenvalue weighted by Crippen LogP contribution is 2.42. The first-order valence-electron chi connectivity index (χ1n) is 11.2. The van der Waals surface area contributed by atoms with Gasteiger partial charge >= 0.3 is 0 Å². The summed E-state index contributed by atoms with van der Waals surface area (Å²) in [6.45, 7) is 3.21. The lowest BCUT2D eigenvalue weighted by Gasteiger charge is -2.50. The molecular formula is C22H28ClF2N5O3S. The zero-order valence-corrected chi connectivity index (χ0v) is 20.4. The maximum Gasteiger partial charge on any atom is 0.260 e. The van der Waals surface area contributed by atoms with E-state index in [4.69, 9.17) is 11.6 Å². The number of aryl methyl sites for hydroxylation is 1. The summed E-state index contributed by atoms with van der Waals surface area (Å²) in [6, 6.07) is 4.99. The Hall–Kier alpha value is -2.08. The maximum absolute atomic E-state index is 14.0. The number of sulfonamides is 1. The topological polar surface area (TPSA) is 98.4 Å². The van der Waals surface area contributed by atoms with Gasteiger partial charge in [0.25, 0.3) is 15.9 Å². The fourth-order valence-electron chi connectivity index (χ4n) is 4.83. The van der Waals surface area contributed by atoms with Gasteiger partial charge in [0.15, 0.2) is 5.03 Å². The van der Waals surface area contributed by atoms with E-state index in [1.54, 1.807) is 25.1 Å². The summed E-state index contributed by atoms with van der Waals surface area (Å²) < 4.78 is 55.0. The number of piperazine rings is 1. The number of benzene rings is 1. The molecule has 2 fully saturated rings. The quantitative estimate of drug-likeness (QED) is 0.616. The molecule has 1 aliphatic heterocycles. The summed E-state index contributed by atoms with van der Waals surface area (Å²) in [6.07, 6.45) is 2.47. The number of hydrogen-bond acceptors (Lipinski definition) is 5. The van der Waals surface area contributed by atoms with E-state index >= 15 is 0 Å². The van der Waals surface area contributed by atoms with Crippen LogP contribution in [0.2, 0.25) is 5.02 Å². The average Bonchev–Trinajstić information content (AvgIpc) is 3.35. The van der Waals surface area contributed by atoms with Gasteiger partial charge in [0, 0.05) is 61.7 Å². The van der Waals surface area contributed by atoms with Crippen LogP contribution >= 0.6 is 11.6 Å². The molecule has 2 aliphatic rings. The maximum atomic E-state index is 14.0. The van der Waals surface area contributed by atoms with E-state index in [2.05, 4.69) is 20.2 Å². The minimum absolute atomic E-state index is 0.0265.